The van der Waals surface area contributed by atoms with Crippen molar-refractivity contribution in [3.8, 4) is 0 Å². The lowest BCUT2D eigenvalue weighted by atomic mass is 9.80. The molecule has 1 fully saturated rings. The molecule has 82 valence electrons. The molecule has 0 amide bonds. The van der Waals surface area contributed by atoms with Crippen molar-refractivity contribution in [2.75, 3.05) is 11.9 Å². The van der Waals surface area contributed by atoms with Gasteiger partial charge in [0.05, 0.1) is 5.60 Å². The summed E-state index contributed by atoms with van der Waals surface area (Å²) >= 11 is 5.72. The van der Waals surface area contributed by atoms with Gasteiger partial charge in [0.1, 0.15) is 5.82 Å². The Hall–Kier alpha value is -0.870. The van der Waals surface area contributed by atoms with Crippen LogP contribution in [-0.2, 0) is 0 Å². The fourth-order valence-electron chi connectivity index (χ4n) is 1.64. The predicted octanol–water partition coefficient (Wildman–Crippen LogP) is 1.77. The van der Waals surface area contributed by atoms with E-state index in [0.717, 1.165) is 25.0 Å². The van der Waals surface area contributed by atoms with Crippen LogP contribution in [0.4, 0.5) is 5.82 Å². The van der Waals surface area contributed by atoms with Gasteiger partial charge in [-0.15, -0.1) is 0 Å². The topological polar surface area (TPSA) is 58.0 Å². The SMILES string of the molecule is Cc1cc(NCC2(O)CCC2)nc(Cl)n1. The molecule has 0 spiro atoms. The summed E-state index contributed by atoms with van der Waals surface area (Å²) in [6.07, 6.45) is 2.82. The molecule has 2 N–H and O–H groups in total. The van der Waals surface area contributed by atoms with Gasteiger partial charge in [0.2, 0.25) is 5.28 Å². The van der Waals surface area contributed by atoms with E-state index in [9.17, 15) is 5.11 Å². The minimum atomic E-state index is -0.550. The molecule has 0 bridgehead atoms. The molecule has 1 saturated carbocycles. The van der Waals surface area contributed by atoms with Gasteiger partial charge in [0.15, 0.2) is 0 Å². The summed E-state index contributed by atoms with van der Waals surface area (Å²) < 4.78 is 0. The van der Waals surface area contributed by atoms with E-state index in [2.05, 4.69) is 15.3 Å². The van der Waals surface area contributed by atoms with Crippen LogP contribution in [0.25, 0.3) is 0 Å². The predicted molar refractivity (Wildman–Crippen MR) is 59.1 cm³/mol. The zero-order valence-electron chi connectivity index (χ0n) is 8.63. The molecule has 0 aliphatic heterocycles. The molecule has 1 aliphatic carbocycles. The van der Waals surface area contributed by atoms with Crippen molar-refractivity contribution in [1.29, 1.82) is 0 Å². The van der Waals surface area contributed by atoms with Crippen molar-refractivity contribution < 1.29 is 5.11 Å². The summed E-state index contributed by atoms with van der Waals surface area (Å²) in [6, 6.07) is 1.81. The normalized spacial score (nSPS) is 18.3. The Morgan fingerprint density at radius 2 is 2.27 bits per heavy atom. The van der Waals surface area contributed by atoms with Crippen LogP contribution in [0.15, 0.2) is 6.07 Å². The Bertz CT molecular complexity index is 345. The van der Waals surface area contributed by atoms with E-state index in [0.29, 0.717) is 12.4 Å². The van der Waals surface area contributed by atoms with E-state index < -0.39 is 5.60 Å². The lowest BCUT2D eigenvalue weighted by Crippen LogP contribution is -2.43. The number of anilines is 1. The van der Waals surface area contributed by atoms with Crippen molar-refractivity contribution in [2.45, 2.75) is 31.8 Å². The van der Waals surface area contributed by atoms with E-state index in [1.54, 1.807) is 0 Å². The van der Waals surface area contributed by atoms with E-state index >= 15 is 0 Å². The van der Waals surface area contributed by atoms with Gasteiger partial charge in [0, 0.05) is 18.3 Å². The van der Waals surface area contributed by atoms with E-state index in [1.165, 1.54) is 0 Å². The third-order valence-corrected chi connectivity index (χ3v) is 2.88. The second-order valence-electron chi connectivity index (χ2n) is 4.10. The first-order valence-electron chi connectivity index (χ1n) is 5.05. The number of aliphatic hydroxyl groups is 1. The summed E-state index contributed by atoms with van der Waals surface area (Å²) in [6.45, 7) is 2.39. The molecule has 15 heavy (non-hydrogen) atoms. The molecular formula is C10H14ClN3O. The van der Waals surface area contributed by atoms with Gasteiger partial charge in [-0.25, -0.2) is 9.97 Å². The number of aryl methyl sites for hydroxylation is 1. The highest BCUT2D eigenvalue weighted by atomic mass is 35.5. The second kappa shape index (κ2) is 3.94. The molecule has 4 nitrogen and oxygen atoms in total. The third kappa shape index (κ3) is 2.58. The molecule has 0 radical (unpaired) electrons. The summed E-state index contributed by atoms with van der Waals surface area (Å²) in [5, 5.41) is 13.2. The average molecular weight is 228 g/mol. The van der Waals surface area contributed by atoms with Crippen LogP contribution < -0.4 is 5.32 Å². The highest BCUT2D eigenvalue weighted by Crippen LogP contribution is 2.31. The van der Waals surface area contributed by atoms with Gasteiger partial charge in [-0.05, 0) is 37.8 Å². The monoisotopic (exact) mass is 227 g/mol. The number of nitrogens with zero attached hydrogens (tertiary/aromatic N) is 2. The fourth-order valence-corrected chi connectivity index (χ4v) is 1.86. The lowest BCUT2D eigenvalue weighted by molar-refractivity contribution is -0.0202. The van der Waals surface area contributed by atoms with Crippen molar-refractivity contribution in [2.24, 2.45) is 0 Å². The Kier molecular flexibility index (Phi) is 2.80. The molecule has 1 aromatic heterocycles. The molecular weight excluding hydrogens is 214 g/mol. The first-order chi connectivity index (χ1) is 7.07. The molecule has 1 heterocycles. The largest absolute Gasteiger partial charge is 0.388 e. The minimum absolute atomic E-state index is 0.234. The molecule has 0 saturated heterocycles. The van der Waals surface area contributed by atoms with Crippen LogP contribution in [-0.4, -0.2) is 27.2 Å². The first-order valence-corrected chi connectivity index (χ1v) is 5.43. The molecule has 5 heteroatoms. The Labute approximate surface area is 93.7 Å². The van der Waals surface area contributed by atoms with Crippen LogP contribution >= 0.6 is 11.6 Å². The molecule has 1 aliphatic rings. The minimum Gasteiger partial charge on any atom is -0.388 e. The number of rotatable bonds is 3. The van der Waals surface area contributed by atoms with Crippen molar-refractivity contribution in [3.63, 3.8) is 0 Å². The van der Waals surface area contributed by atoms with Gasteiger partial charge in [0.25, 0.3) is 0 Å². The maximum Gasteiger partial charge on any atom is 0.224 e. The standard InChI is InChI=1S/C10H14ClN3O/c1-7-5-8(14-9(11)13-7)12-6-10(15)3-2-4-10/h5,15H,2-4,6H2,1H3,(H,12,13,14). The maximum absolute atomic E-state index is 9.87. The third-order valence-electron chi connectivity index (χ3n) is 2.71. The van der Waals surface area contributed by atoms with E-state index in [4.69, 9.17) is 11.6 Å². The Morgan fingerprint density at radius 3 is 2.80 bits per heavy atom. The number of hydrogen-bond donors (Lipinski definition) is 2. The maximum atomic E-state index is 9.87. The van der Waals surface area contributed by atoms with Gasteiger partial charge < -0.3 is 10.4 Å². The highest BCUT2D eigenvalue weighted by molar-refractivity contribution is 6.28. The quantitative estimate of drug-likeness (QED) is 0.773. The molecule has 0 atom stereocenters. The van der Waals surface area contributed by atoms with Gasteiger partial charge >= 0.3 is 0 Å². The van der Waals surface area contributed by atoms with Gasteiger partial charge in [-0.1, -0.05) is 0 Å². The van der Waals surface area contributed by atoms with Gasteiger partial charge in [-0.2, -0.15) is 0 Å². The van der Waals surface area contributed by atoms with E-state index in [-0.39, 0.29) is 5.28 Å². The van der Waals surface area contributed by atoms with Crippen LogP contribution in [0.2, 0.25) is 5.28 Å². The molecule has 2 rings (SSSR count). The van der Waals surface area contributed by atoms with Crippen LogP contribution in [0, 0.1) is 6.92 Å². The zero-order valence-corrected chi connectivity index (χ0v) is 9.38. The lowest BCUT2D eigenvalue weighted by Gasteiger charge is -2.36. The molecule has 0 unspecified atom stereocenters. The van der Waals surface area contributed by atoms with Crippen LogP contribution in [0.1, 0.15) is 25.0 Å². The molecule has 0 aromatic carbocycles. The number of hydrogen-bond acceptors (Lipinski definition) is 4. The number of aromatic nitrogens is 2. The smallest absolute Gasteiger partial charge is 0.224 e. The summed E-state index contributed by atoms with van der Waals surface area (Å²) in [7, 11) is 0. The summed E-state index contributed by atoms with van der Waals surface area (Å²) in [4.78, 5) is 7.99. The van der Waals surface area contributed by atoms with Crippen molar-refractivity contribution in [3.05, 3.63) is 17.0 Å². The zero-order chi connectivity index (χ0) is 10.9. The first kappa shape index (κ1) is 10.6. The molecule has 1 aromatic rings. The number of nitrogens with one attached hydrogen (secondary N) is 1. The highest BCUT2D eigenvalue weighted by Gasteiger charge is 2.33. The number of halogens is 1. The van der Waals surface area contributed by atoms with Crippen molar-refractivity contribution >= 4 is 17.4 Å². The fraction of sp³-hybridized carbons (Fsp3) is 0.600. The average Bonchev–Trinajstić information content (AvgIpc) is 2.10. The van der Waals surface area contributed by atoms with Crippen molar-refractivity contribution in [1.82, 2.24) is 9.97 Å². The van der Waals surface area contributed by atoms with Crippen LogP contribution in [0.3, 0.4) is 0 Å². The summed E-state index contributed by atoms with van der Waals surface area (Å²) in [5.74, 6) is 0.674. The Balaban J connectivity index is 1.98. The second-order valence-corrected chi connectivity index (χ2v) is 4.43. The Morgan fingerprint density at radius 1 is 1.53 bits per heavy atom. The summed E-state index contributed by atoms with van der Waals surface area (Å²) in [5.41, 5.74) is 0.267. The van der Waals surface area contributed by atoms with Crippen LogP contribution in [0.5, 0.6) is 0 Å². The van der Waals surface area contributed by atoms with Gasteiger partial charge in [-0.3, -0.25) is 0 Å². The van der Waals surface area contributed by atoms with E-state index in [1.807, 2.05) is 13.0 Å².